The molecule has 2 aliphatic heterocycles. The average Bonchev–Trinajstić information content (AvgIpc) is 2.84. The molecule has 1 aromatic rings. The first kappa shape index (κ1) is 32.3. The maximum Gasteiger partial charge on any atom is 0.300 e. The Balaban J connectivity index is 0.00000124. The number of nitrogens with one attached hydrogen (secondary N) is 2. The molecule has 0 aliphatic carbocycles. The van der Waals surface area contributed by atoms with Crippen molar-refractivity contribution in [2.45, 2.75) is 70.2 Å². The number of piperidine rings is 1. The number of benzene rings is 1. The highest BCUT2D eigenvalue weighted by Crippen LogP contribution is 2.36. The van der Waals surface area contributed by atoms with Gasteiger partial charge in [-0.2, -0.15) is 4.72 Å². The van der Waals surface area contributed by atoms with Crippen LogP contribution in [0.3, 0.4) is 0 Å². The summed E-state index contributed by atoms with van der Waals surface area (Å²) in [6, 6.07) is 4.35. The minimum absolute atomic E-state index is 0.0226. The lowest BCUT2D eigenvalue weighted by Gasteiger charge is -2.35. The lowest BCUT2D eigenvalue weighted by Crippen LogP contribution is -2.51. The van der Waals surface area contributed by atoms with Gasteiger partial charge in [-0.3, -0.25) is 14.6 Å². The van der Waals surface area contributed by atoms with Gasteiger partial charge in [0, 0.05) is 39.7 Å². The van der Waals surface area contributed by atoms with E-state index in [1.807, 2.05) is 6.07 Å². The molecule has 0 saturated carbocycles. The standard InChI is InChI=1S/C24H40N6O4S.C2H4O2/c1-24(2)15-18-5-3-7-20(21(18)28-16-24)35(33,34)29-19(6-4-11-27-23(25)26)22(32)30-12-8-17(9-13-30)10-14-31;1-2(3)4/h3,5,7,17,19,28-29,31H,4,6,8-16H2,1-2H3,(H4,25,26,27);1H3,(H,3,4)/t19-;/m0./s1. The Bertz CT molecular complexity index is 1110. The Hall–Kier alpha value is -2.90. The maximum absolute atomic E-state index is 13.5. The molecule has 8 N–H and O–H groups in total. The van der Waals surface area contributed by atoms with E-state index in [1.165, 1.54) is 0 Å². The number of aliphatic imine (C=N–C) groups is 1. The minimum Gasteiger partial charge on any atom is -0.481 e. The number of nitrogens with zero attached hydrogens (tertiary/aromatic N) is 2. The minimum atomic E-state index is -3.97. The molecule has 1 atom stereocenters. The van der Waals surface area contributed by atoms with Crippen LogP contribution in [0.1, 0.15) is 58.4 Å². The number of carbonyl (C=O) groups is 2. The van der Waals surface area contributed by atoms with Crippen LogP contribution in [0.4, 0.5) is 5.69 Å². The van der Waals surface area contributed by atoms with E-state index in [1.54, 1.807) is 17.0 Å². The summed E-state index contributed by atoms with van der Waals surface area (Å²) in [4.78, 5) is 28.3. The number of sulfonamides is 1. The van der Waals surface area contributed by atoms with Crippen LogP contribution < -0.4 is 21.5 Å². The van der Waals surface area contributed by atoms with E-state index in [-0.39, 0.29) is 35.2 Å². The highest BCUT2D eigenvalue weighted by molar-refractivity contribution is 7.89. The molecule has 13 heteroatoms. The summed E-state index contributed by atoms with van der Waals surface area (Å²) in [5, 5.41) is 19.9. The third-order valence-corrected chi connectivity index (χ3v) is 8.33. The Labute approximate surface area is 231 Å². The largest absolute Gasteiger partial charge is 0.481 e. The van der Waals surface area contributed by atoms with E-state index in [0.29, 0.717) is 44.2 Å². The number of anilines is 1. The second-order valence-electron chi connectivity index (χ2n) is 10.9. The lowest BCUT2D eigenvalue weighted by molar-refractivity contribution is -0.135. The van der Waals surface area contributed by atoms with Crippen LogP contribution in [-0.4, -0.2) is 80.2 Å². The zero-order chi connectivity index (χ0) is 29.2. The third-order valence-electron chi connectivity index (χ3n) is 6.82. The van der Waals surface area contributed by atoms with E-state index in [9.17, 15) is 18.3 Å². The topological polar surface area (TPSA) is 200 Å². The Morgan fingerprint density at radius 1 is 1.26 bits per heavy atom. The van der Waals surface area contributed by atoms with Crippen molar-refractivity contribution in [2.24, 2.45) is 27.8 Å². The molecule has 2 heterocycles. The molecule has 2 aliphatic rings. The molecule has 1 saturated heterocycles. The van der Waals surface area contributed by atoms with Crippen molar-refractivity contribution >= 4 is 33.5 Å². The number of carboxylic acid groups (broad SMARTS) is 1. The number of aliphatic hydroxyl groups is 1. The van der Waals surface area contributed by atoms with Crippen LogP contribution in [0.2, 0.25) is 0 Å². The average molecular weight is 569 g/mol. The van der Waals surface area contributed by atoms with Crippen molar-refractivity contribution in [1.82, 2.24) is 9.62 Å². The molecule has 0 bridgehead atoms. The van der Waals surface area contributed by atoms with E-state index in [0.717, 1.165) is 38.2 Å². The van der Waals surface area contributed by atoms with E-state index < -0.39 is 22.0 Å². The van der Waals surface area contributed by atoms with Gasteiger partial charge in [-0.25, -0.2) is 8.42 Å². The van der Waals surface area contributed by atoms with Crippen molar-refractivity contribution in [1.29, 1.82) is 0 Å². The Morgan fingerprint density at radius 2 is 1.90 bits per heavy atom. The molecule has 1 fully saturated rings. The molecule has 0 unspecified atom stereocenters. The van der Waals surface area contributed by atoms with Gasteiger partial charge in [0.05, 0.1) is 5.69 Å². The molecule has 1 amide bonds. The summed E-state index contributed by atoms with van der Waals surface area (Å²) in [5.74, 6) is -0.726. The van der Waals surface area contributed by atoms with Crippen LogP contribution in [0.5, 0.6) is 0 Å². The fourth-order valence-electron chi connectivity index (χ4n) is 4.89. The number of likely N-dealkylation sites (tertiary alicyclic amines) is 1. The second kappa shape index (κ2) is 14.5. The molecular weight excluding hydrogens is 524 g/mol. The van der Waals surface area contributed by atoms with Gasteiger partial charge in [0.15, 0.2) is 5.96 Å². The quantitative estimate of drug-likeness (QED) is 0.136. The first-order valence-electron chi connectivity index (χ1n) is 13.3. The van der Waals surface area contributed by atoms with Crippen molar-refractivity contribution in [2.75, 3.05) is 38.1 Å². The van der Waals surface area contributed by atoms with Crippen LogP contribution in [-0.2, 0) is 26.0 Å². The predicted molar refractivity (Wildman–Crippen MR) is 151 cm³/mol. The summed E-state index contributed by atoms with van der Waals surface area (Å²) in [7, 11) is -3.97. The monoisotopic (exact) mass is 568 g/mol. The molecule has 12 nitrogen and oxygen atoms in total. The van der Waals surface area contributed by atoms with Crippen LogP contribution in [0.15, 0.2) is 28.1 Å². The number of carboxylic acids is 1. The predicted octanol–water partition coefficient (Wildman–Crippen LogP) is 1.09. The number of amides is 1. The number of guanidine groups is 1. The molecule has 3 rings (SSSR count). The van der Waals surface area contributed by atoms with Gasteiger partial charge in [0.25, 0.3) is 5.97 Å². The van der Waals surface area contributed by atoms with Crippen LogP contribution in [0.25, 0.3) is 0 Å². The van der Waals surface area contributed by atoms with Gasteiger partial charge in [0.1, 0.15) is 10.9 Å². The summed E-state index contributed by atoms with van der Waals surface area (Å²) >= 11 is 0. The fourth-order valence-corrected chi connectivity index (χ4v) is 6.34. The number of aliphatic carboxylic acids is 1. The fraction of sp³-hybridized carbons (Fsp3) is 0.654. The van der Waals surface area contributed by atoms with E-state index in [2.05, 4.69) is 28.9 Å². The number of fused-ring (bicyclic) bond motifs is 1. The number of rotatable bonds is 10. The highest BCUT2D eigenvalue weighted by atomic mass is 32.2. The highest BCUT2D eigenvalue weighted by Gasteiger charge is 2.34. The first-order chi connectivity index (χ1) is 18.3. The van der Waals surface area contributed by atoms with Crippen molar-refractivity contribution < 1.29 is 28.2 Å². The first-order valence-corrected chi connectivity index (χ1v) is 14.8. The van der Waals surface area contributed by atoms with Gasteiger partial charge >= 0.3 is 0 Å². The summed E-state index contributed by atoms with van der Waals surface area (Å²) < 4.78 is 29.7. The van der Waals surface area contributed by atoms with Crippen LogP contribution in [0, 0.1) is 11.3 Å². The van der Waals surface area contributed by atoms with Gasteiger partial charge in [-0.15, -0.1) is 0 Å². The Morgan fingerprint density at radius 3 is 2.49 bits per heavy atom. The smallest absolute Gasteiger partial charge is 0.300 e. The van der Waals surface area contributed by atoms with E-state index in [4.69, 9.17) is 21.4 Å². The van der Waals surface area contributed by atoms with Gasteiger partial charge in [0.2, 0.25) is 15.9 Å². The molecule has 0 aromatic heterocycles. The molecule has 220 valence electrons. The van der Waals surface area contributed by atoms with E-state index >= 15 is 0 Å². The summed E-state index contributed by atoms with van der Waals surface area (Å²) in [6.07, 6.45) is 3.82. The molecular formula is C26H44N6O6S. The number of aliphatic hydroxyl groups excluding tert-OH is 1. The SMILES string of the molecule is CC(=O)O.CC1(C)CNc2c(cccc2S(=O)(=O)N[C@@H](CCCN=C(N)N)C(=O)N2CCC(CCO)CC2)C1. The lowest BCUT2D eigenvalue weighted by atomic mass is 9.82. The number of hydrogen-bond donors (Lipinski definition) is 6. The Kier molecular flexibility index (Phi) is 12.0. The molecule has 39 heavy (non-hydrogen) atoms. The number of nitrogens with two attached hydrogens (primary N) is 2. The molecule has 0 spiro atoms. The van der Waals surface area contributed by atoms with Crippen molar-refractivity contribution in [3.63, 3.8) is 0 Å². The van der Waals surface area contributed by atoms with Crippen molar-refractivity contribution in [3.8, 4) is 0 Å². The zero-order valence-electron chi connectivity index (χ0n) is 23.1. The third kappa shape index (κ3) is 10.3. The summed E-state index contributed by atoms with van der Waals surface area (Å²) in [6.45, 7) is 7.56. The van der Waals surface area contributed by atoms with Crippen LogP contribution >= 0.6 is 0 Å². The number of para-hydroxylation sites is 1. The van der Waals surface area contributed by atoms with Crippen molar-refractivity contribution in [3.05, 3.63) is 23.8 Å². The number of hydrogen-bond acceptors (Lipinski definition) is 7. The normalized spacial score (nSPS) is 17.6. The number of carbonyl (C=O) groups excluding carboxylic acids is 1. The zero-order valence-corrected chi connectivity index (χ0v) is 24.0. The second-order valence-corrected chi connectivity index (χ2v) is 12.6. The molecule has 0 radical (unpaired) electrons. The summed E-state index contributed by atoms with van der Waals surface area (Å²) in [5.41, 5.74) is 12.4. The van der Waals surface area contributed by atoms with Gasteiger partial charge in [-0.1, -0.05) is 26.0 Å². The van der Waals surface area contributed by atoms with Gasteiger partial charge in [-0.05, 0) is 61.5 Å². The maximum atomic E-state index is 13.5. The molecule has 1 aromatic carbocycles. The van der Waals surface area contributed by atoms with Gasteiger partial charge < -0.3 is 31.9 Å².